The van der Waals surface area contributed by atoms with Crippen molar-refractivity contribution in [3.8, 4) is 11.5 Å². The Morgan fingerprint density at radius 1 is 1.08 bits per heavy atom. The minimum atomic E-state index is -3.45. The zero-order valence-corrected chi connectivity index (χ0v) is 16.3. The highest BCUT2D eigenvalue weighted by atomic mass is 32.2. The lowest BCUT2D eigenvalue weighted by Gasteiger charge is -2.11. The van der Waals surface area contributed by atoms with Gasteiger partial charge in [-0.1, -0.05) is 41.6 Å². The van der Waals surface area contributed by atoms with Crippen molar-refractivity contribution in [1.29, 1.82) is 0 Å². The summed E-state index contributed by atoms with van der Waals surface area (Å²) in [6, 6.07) is 14.7. The quantitative estimate of drug-likeness (QED) is 0.600. The van der Waals surface area contributed by atoms with Crippen molar-refractivity contribution < 1.29 is 12.8 Å². The Hall–Kier alpha value is -2.16. The van der Waals surface area contributed by atoms with Crippen LogP contribution in [-0.4, -0.2) is 37.0 Å². The van der Waals surface area contributed by atoms with Crippen molar-refractivity contribution in [1.82, 2.24) is 14.5 Å². The van der Waals surface area contributed by atoms with Crippen LogP contribution in [0.3, 0.4) is 0 Å². The summed E-state index contributed by atoms with van der Waals surface area (Å²) in [5.41, 5.74) is 2.90. The van der Waals surface area contributed by atoms with Gasteiger partial charge in [-0.15, -0.1) is 10.2 Å². The van der Waals surface area contributed by atoms with Gasteiger partial charge in [-0.2, -0.15) is 0 Å². The molecule has 0 saturated carbocycles. The van der Waals surface area contributed by atoms with E-state index in [9.17, 15) is 8.42 Å². The Kier molecular flexibility index (Phi) is 5.45. The molecule has 0 N–H and O–H groups in total. The van der Waals surface area contributed by atoms with E-state index in [1.54, 1.807) is 18.2 Å². The highest BCUT2D eigenvalue weighted by Gasteiger charge is 2.17. The number of thioether (sulfide) groups is 1. The van der Waals surface area contributed by atoms with Crippen molar-refractivity contribution >= 4 is 21.8 Å². The highest BCUT2D eigenvalue weighted by Crippen LogP contribution is 2.26. The van der Waals surface area contributed by atoms with Crippen LogP contribution in [0.25, 0.3) is 11.5 Å². The summed E-state index contributed by atoms with van der Waals surface area (Å²) in [7, 11) is -0.414. The Bertz CT molecular complexity index is 997. The van der Waals surface area contributed by atoms with E-state index in [0.29, 0.717) is 16.9 Å². The second-order valence-corrected chi connectivity index (χ2v) is 9.04. The average Bonchev–Trinajstić information content (AvgIpc) is 3.10. The molecule has 0 aliphatic carbocycles. The standard InChI is InChI=1S/C18H19N3O3S2/c1-13-7-9-15(10-8-13)17-19-20-18(24-17)25-12-14-5-4-6-16(11-14)26(22,23)21(2)3/h4-11H,12H2,1-3H3. The van der Waals surface area contributed by atoms with Crippen molar-refractivity contribution in [3.05, 3.63) is 59.7 Å². The lowest BCUT2D eigenvalue weighted by Crippen LogP contribution is -2.22. The Balaban J connectivity index is 1.71. The molecule has 1 aromatic heterocycles. The molecule has 136 valence electrons. The minimum Gasteiger partial charge on any atom is -0.411 e. The number of hydrogen-bond donors (Lipinski definition) is 0. The van der Waals surface area contributed by atoms with Gasteiger partial charge in [-0.05, 0) is 36.8 Å². The van der Waals surface area contributed by atoms with Crippen LogP contribution >= 0.6 is 11.8 Å². The van der Waals surface area contributed by atoms with Gasteiger partial charge in [-0.3, -0.25) is 0 Å². The highest BCUT2D eigenvalue weighted by molar-refractivity contribution is 7.98. The summed E-state index contributed by atoms with van der Waals surface area (Å²) in [4.78, 5) is 0.270. The number of aromatic nitrogens is 2. The van der Waals surface area contributed by atoms with Crippen LogP contribution in [0.4, 0.5) is 0 Å². The maximum absolute atomic E-state index is 12.2. The Labute approximate surface area is 157 Å². The van der Waals surface area contributed by atoms with E-state index in [1.165, 1.54) is 30.2 Å². The predicted molar refractivity (Wildman–Crippen MR) is 101 cm³/mol. The molecule has 0 unspecified atom stereocenters. The summed E-state index contributed by atoms with van der Waals surface area (Å²) in [5.74, 6) is 1.00. The molecule has 26 heavy (non-hydrogen) atoms. The fourth-order valence-corrected chi connectivity index (χ4v) is 3.91. The maximum atomic E-state index is 12.2. The average molecular weight is 390 g/mol. The van der Waals surface area contributed by atoms with E-state index in [1.807, 2.05) is 37.3 Å². The molecule has 0 aliphatic rings. The lowest BCUT2D eigenvalue weighted by atomic mass is 10.1. The van der Waals surface area contributed by atoms with Gasteiger partial charge in [-0.25, -0.2) is 12.7 Å². The predicted octanol–water partition coefficient (Wildman–Crippen LogP) is 3.59. The third-order valence-corrected chi connectivity index (χ3v) is 6.45. The first-order chi connectivity index (χ1) is 12.4. The monoisotopic (exact) mass is 389 g/mol. The van der Waals surface area contributed by atoms with Crippen molar-refractivity contribution in [3.63, 3.8) is 0 Å². The molecule has 2 aromatic carbocycles. The molecule has 1 heterocycles. The van der Waals surface area contributed by atoms with Crippen LogP contribution in [0, 0.1) is 6.92 Å². The molecule has 0 spiro atoms. The SMILES string of the molecule is Cc1ccc(-c2nnc(SCc3cccc(S(=O)(=O)N(C)C)c3)o2)cc1. The number of aryl methyl sites for hydroxylation is 1. The first kappa shape index (κ1) is 18.6. The summed E-state index contributed by atoms with van der Waals surface area (Å²) in [6.07, 6.45) is 0. The summed E-state index contributed by atoms with van der Waals surface area (Å²) in [5, 5.41) is 8.56. The zero-order chi connectivity index (χ0) is 18.7. The smallest absolute Gasteiger partial charge is 0.277 e. The molecule has 6 nitrogen and oxygen atoms in total. The first-order valence-corrected chi connectivity index (χ1v) is 10.3. The van der Waals surface area contributed by atoms with Gasteiger partial charge >= 0.3 is 0 Å². The molecule has 0 radical (unpaired) electrons. The molecule has 8 heteroatoms. The molecular weight excluding hydrogens is 370 g/mol. The fraction of sp³-hybridized carbons (Fsp3) is 0.222. The van der Waals surface area contributed by atoms with Gasteiger partial charge in [0.2, 0.25) is 15.9 Å². The number of benzene rings is 2. The normalized spacial score (nSPS) is 11.8. The van der Waals surface area contributed by atoms with E-state index >= 15 is 0 Å². The van der Waals surface area contributed by atoms with Gasteiger partial charge in [0.05, 0.1) is 4.90 Å². The minimum absolute atomic E-state index is 0.270. The number of sulfonamides is 1. The van der Waals surface area contributed by atoms with Crippen LogP contribution in [0.15, 0.2) is 63.1 Å². The first-order valence-electron chi connectivity index (χ1n) is 7.91. The van der Waals surface area contributed by atoms with Crippen molar-refractivity contribution in [2.45, 2.75) is 22.8 Å². The van der Waals surface area contributed by atoms with Gasteiger partial charge in [0.15, 0.2) is 0 Å². The summed E-state index contributed by atoms with van der Waals surface area (Å²) >= 11 is 1.37. The summed E-state index contributed by atoms with van der Waals surface area (Å²) < 4.78 is 31.3. The number of hydrogen-bond acceptors (Lipinski definition) is 6. The maximum Gasteiger partial charge on any atom is 0.277 e. The van der Waals surface area contributed by atoms with Crippen LogP contribution in [-0.2, 0) is 15.8 Å². The second-order valence-electron chi connectivity index (χ2n) is 5.96. The van der Waals surface area contributed by atoms with Crippen molar-refractivity contribution in [2.75, 3.05) is 14.1 Å². The third kappa shape index (κ3) is 4.14. The molecule has 3 aromatic rings. The largest absolute Gasteiger partial charge is 0.411 e. The molecular formula is C18H19N3O3S2. The second kappa shape index (κ2) is 7.61. The number of rotatable bonds is 6. The van der Waals surface area contributed by atoms with Gasteiger partial charge in [0, 0.05) is 25.4 Å². The van der Waals surface area contributed by atoms with Crippen LogP contribution in [0.5, 0.6) is 0 Å². The van der Waals surface area contributed by atoms with E-state index in [-0.39, 0.29) is 4.90 Å². The van der Waals surface area contributed by atoms with E-state index in [4.69, 9.17) is 4.42 Å². The Morgan fingerprint density at radius 3 is 2.50 bits per heavy atom. The molecule has 0 amide bonds. The Morgan fingerprint density at radius 2 is 1.81 bits per heavy atom. The molecule has 0 bridgehead atoms. The summed E-state index contributed by atoms with van der Waals surface area (Å²) in [6.45, 7) is 2.02. The molecule has 0 aliphatic heterocycles. The molecule has 3 rings (SSSR count). The molecule has 0 fully saturated rings. The van der Waals surface area contributed by atoms with E-state index in [0.717, 1.165) is 16.7 Å². The lowest BCUT2D eigenvalue weighted by molar-refractivity contribution is 0.466. The van der Waals surface area contributed by atoms with Crippen LogP contribution in [0.2, 0.25) is 0 Å². The molecule has 0 atom stereocenters. The van der Waals surface area contributed by atoms with Gasteiger partial charge in [0.25, 0.3) is 5.22 Å². The zero-order valence-electron chi connectivity index (χ0n) is 14.7. The third-order valence-electron chi connectivity index (χ3n) is 3.74. The van der Waals surface area contributed by atoms with Gasteiger partial charge in [0.1, 0.15) is 0 Å². The number of nitrogens with zero attached hydrogens (tertiary/aromatic N) is 3. The molecule has 0 saturated heterocycles. The van der Waals surface area contributed by atoms with Crippen molar-refractivity contribution in [2.24, 2.45) is 0 Å². The fourth-order valence-electron chi connectivity index (χ4n) is 2.23. The topological polar surface area (TPSA) is 76.3 Å². The van der Waals surface area contributed by atoms with E-state index in [2.05, 4.69) is 10.2 Å². The van der Waals surface area contributed by atoms with Gasteiger partial charge < -0.3 is 4.42 Å². The van der Waals surface area contributed by atoms with Crippen LogP contribution in [0.1, 0.15) is 11.1 Å². The van der Waals surface area contributed by atoms with Crippen LogP contribution < -0.4 is 0 Å². The van der Waals surface area contributed by atoms with E-state index < -0.39 is 10.0 Å².